The Bertz CT molecular complexity index is 1260. The van der Waals surface area contributed by atoms with Gasteiger partial charge in [-0.05, 0) is 36.6 Å². The molecule has 3 heterocycles. The third kappa shape index (κ3) is 5.00. The van der Waals surface area contributed by atoms with Crippen molar-refractivity contribution in [2.24, 2.45) is 5.92 Å². The van der Waals surface area contributed by atoms with Crippen molar-refractivity contribution in [3.05, 3.63) is 48.4 Å². The molecular weight excluding hydrogens is 456 g/mol. The Labute approximate surface area is 199 Å². The highest BCUT2D eigenvalue weighted by molar-refractivity contribution is 7.89. The molecule has 0 spiro atoms. The number of nitrogens with one attached hydrogen (secondary N) is 2. The molecule has 182 valence electrons. The zero-order valence-corrected chi connectivity index (χ0v) is 20.4. The number of rotatable bonds is 8. The summed E-state index contributed by atoms with van der Waals surface area (Å²) in [5, 5.41) is 3.60. The monoisotopic (exact) mass is 486 g/mol. The van der Waals surface area contributed by atoms with Gasteiger partial charge >= 0.3 is 0 Å². The molecule has 1 aliphatic rings. The topological polar surface area (TPSA) is 121 Å². The summed E-state index contributed by atoms with van der Waals surface area (Å²) in [4.78, 5) is 26.2. The summed E-state index contributed by atoms with van der Waals surface area (Å²) < 4.78 is 32.8. The van der Waals surface area contributed by atoms with Gasteiger partial charge in [-0.15, -0.1) is 0 Å². The van der Waals surface area contributed by atoms with Crippen molar-refractivity contribution < 1.29 is 17.9 Å². The molecule has 1 aliphatic heterocycles. The summed E-state index contributed by atoms with van der Waals surface area (Å²) in [7, 11) is -0.0773. The molecule has 11 heteroatoms. The number of likely N-dealkylation sites (N-methyl/N-ethyl adjacent to an activating group) is 1. The molecule has 2 atom stereocenters. The van der Waals surface area contributed by atoms with Gasteiger partial charge < -0.3 is 19.9 Å². The van der Waals surface area contributed by atoms with Crippen molar-refractivity contribution in [1.82, 2.24) is 24.6 Å². The SMILES string of the molecule is COc1cccc(C(=O)NCCS(=O)(=O)N2CCC(C)C(N(C)c3ncnc4[nH]ccc34)C2)c1. The van der Waals surface area contributed by atoms with E-state index in [9.17, 15) is 13.2 Å². The quantitative estimate of drug-likeness (QED) is 0.499. The lowest BCUT2D eigenvalue weighted by Gasteiger charge is -2.41. The number of methoxy groups -OCH3 is 1. The molecule has 1 aromatic carbocycles. The highest BCUT2D eigenvalue weighted by Crippen LogP contribution is 2.29. The summed E-state index contributed by atoms with van der Waals surface area (Å²) in [6, 6.07) is 8.62. The number of H-pyrrole nitrogens is 1. The van der Waals surface area contributed by atoms with Crippen LogP contribution in [0.1, 0.15) is 23.7 Å². The number of nitrogens with zero attached hydrogens (tertiary/aromatic N) is 4. The van der Waals surface area contributed by atoms with Gasteiger partial charge in [-0.25, -0.2) is 18.4 Å². The standard InChI is InChI=1S/C23H30N6O4S/c1-16-8-11-29(14-20(16)28(2)22-19-7-9-24-21(19)26-15-27-22)34(31,32)12-10-25-23(30)17-5-4-6-18(13-17)33-3/h4-7,9,13,15-16,20H,8,10-12,14H2,1-3H3,(H,25,30)(H,24,26,27). The summed E-state index contributed by atoms with van der Waals surface area (Å²) >= 11 is 0. The Kier molecular flexibility index (Phi) is 7.03. The summed E-state index contributed by atoms with van der Waals surface area (Å²) in [6.07, 6.45) is 4.07. The van der Waals surface area contributed by atoms with Crippen molar-refractivity contribution in [2.45, 2.75) is 19.4 Å². The lowest BCUT2D eigenvalue weighted by atomic mass is 9.93. The Hall–Kier alpha value is -3.18. The number of aromatic nitrogens is 3. The van der Waals surface area contributed by atoms with E-state index in [-0.39, 0.29) is 30.2 Å². The summed E-state index contributed by atoms with van der Waals surface area (Å²) in [5.74, 6) is 1.13. The average Bonchev–Trinajstić information content (AvgIpc) is 3.32. The summed E-state index contributed by atoms with van der Waals surface area (Å²) in [5.41, 5.74) is 1.17. The predicted octanol–water partition coefficient (Wildman–Crippen LogP) is 1.87. The predicted molar refractivity (Wildman–Crippen MR) is 131 cm³/mol. The number of anilines is 1. The molecule has 1 saturated heterocycles. The number of hydrogen-bond donors (Lipinski definition) is 2. The second-order valence-corrected chi connectivity index (χ2v) is 10.6. The minimum atomic E-state index is -3.55. The molecule has 2 aromatic heterocycles. The average molecular weight is 487 g/mol. The van der Waals surface area contributed by atoms with Gasteiger partial charge in [-0.1, -0.05) is 13.0 Å². The van der Waals surface area contributed by atoms with Crippen LogP contribution in [-0.2, 0) is 10.0 Å². The minimum absolute atomic E-state index is 0.0286. The van der Waals surface area contributed by atoms with Gasteiger partial charge in [0.1, 0.15) is 23.5 Å². The Morgan fingerprint density at radius 2 is 2.15 bits per heavy atom. The highest BCUT2D eigenvalue weighted by atomic mass is 32.2. The first-order valence-corrected chi connectivity index (χ1v) is 12.8. The molecule has 0 saturated carbocycles. The normalized spacial score (nSPS) is 19.1. The summed E-state index contributed by atoms with van der Waals surface area (Å²) in [6.45, 7) is 2.98. The first-order valence-electron chi connectivity index (χ1n) is 11.2. The molecule has 10 nitrogen and oxygen atoms in total. The Morgan fingerprint density at radius 3 is 2.94 bits per heavy atom. The van der Waals surface area contributed by atoms with Crippen LogP contribution in [0.15, 0.2) is 42.9 Å². The van der Waals surface area contributed by atoms with Crippen LogP contribution in [0.3, 0.4) is 0 Å². The van der Waals surface area contributed by atoms with E-state index in [0.717, 1.165) is 23.3 Å². The van der Waals surface area contributed by atoms with E-state index in [1.807, 2.05) is 19.3 Å². The molecule has 1 amide bonds. The zero-order valence-electron chi connectivity index (χ0n) is 19.6. The van der Waals surface area contributed by atoms with Crippen molar-refractivity contribution in [3.63, 3.8) is 0 Å². The number of carbonyl (C=O) groups excluding carboxylic acids is 1. The molecule has 2 unspecified atom stereocenters. The van der Waals surface area contributed by atoms with E-state index in [1.54, 1.807) is 24.3 Å². The van der Waals surface area contributed by atoms with Crippen molar-refractivity contribution in [1.29, 1.82) is 0 Å². The van der Waals surface area contributed by atoms with Gasteiger partial charge in [0, 0.05) is 44.5 Å². The number of aromatic amines is 1. The Morgan fingerprint density at radius 1 is 1.32 bits per heavy atom. The number of amides is 1. The van der Waals surface area contributed by atoms with Crippen LogP contribution in [0.4, 0.5) is 5.82 Å². The van der Waals surface area contributed by atoms with Crippen molar-refractivity contribution >= 4 is 32.8 Å². The van der Waals surface area contributed by atoms with E-state index in [2.05, 4.69) is 32.1 Å². The van der Waals surface area contributed by atoms with Crippen LogP contribution in [0.25, 0.3) is 11.0 Å². The van der Waals surface area contributed by atoms with Crippen LogP contribution >= 0.6 is 0 Å². The van der Waals surface area contributed by atoms with Crippen molar-refractivity contribution in [2.75, 3.05) is 44.4 Å². The van der Waals surface area contributed by atoms with E-state index < -0.39 is 10.0 Å². The van der Waals surface area contributed by atoms with Gasteiger partial charge in [0.15, 0.2) is 0 Å². The molecule has 34 heavy (non-hydrogen) atoms. The van der Waals surface area contributed by atoms with Gasteiger partial charge in [0.2, 0.25) is 10.0 Å². The van der Waals surface area contributed by atoms with Gasteiger partial charge in [0.05, 0.1) is 18.2 Å². The number of benzene rings is 1. The fraction of sp³-hybridized carbons (Fsp3) is 0.435. The second-order valence-electron chi connectivity index (χ2n) is 8.54. The van der Waals surface area contributed by atoms with Crippen molar-refractivity contribution in [3.8, 4) is 5.75 Å². The molecule has 0 aliphatic carbocycles. The fourth-order valence-electron chi connectivity index (χ4n) is 4.36. The van der Waals surface area contributed by atoms with Crippen LogP contribution < -0.4 is 15.0 Å². The van der Waals surface area contributed by atoms with E-state index in [0.29, 0.717) is 24.4 Å². The van der Waals surface area contributed by atoms with Crippen LogP contribution in [0.2, 0.25) is 0 Å². The first-order chi connectivity index (χ1) is 16.3. The lowest BCUT2D eigenvalue weighted by molar-refractivity contribution is 0.0955. The van der Waals surface area contributed by atoms with E-state index >= 15 is 0 Å². The molecule has 0 radical (unpaired) electrons. The third-order valence-electron chi connectivity index (χ3n) is 6.42. The third-order valence-corrected chi connectivity index (χ3v) is 8.26. The van der Waals surface area contributed by atoms with Crippen LogP contribution in [0.5, 0.6) is 5.75 Å². The van der Waals surface area contributed by atoms with Gasteiger partial charge in [0.25, 0.3) is 5.91 Å². The largest absolute Gasteiger partial charge is 0.497 e. The smallest absolute Gasteiger partial charge is 0.251 e. The molecule has 2 N–H and O–H groups in total. The molecule has 3 aromatic rings. The minimum Gasteiger partial charge on any atom is -0.497 e. The molecule has 1 fully saturated rings. The number of hydrogen-bond acceptors (Lipinski definition) is 7. The maximum atomic E-state index is 13.1. The van der Waals surface area contributed by atoms with Gasteiger partial charge in [-0.2, -0.15) is 4.31 Å². The van der Waals surface area contributed by atoms with Crippen LogP contribution in [-0.4, -0.2) is 79.2 Å². The number of piperidine rings is 1. The zero-order chi connectivity index (χ0) is 24.3. The maximum absolute atomic E-state index is 13.1. The number of ether oxygens (including phenoxy) is 1. The van der Waals surface area contributed by atoms with Gasteiger partial charge in [-0.3, -0.25) is 4.79 Å². The first kappa shape index (κ1) is 24.0. The Balaban J connectivity index is 1.40. The number of fused-ring (bicyclic) bond motifs is 1. The number of sulfonamides is 1. The van der Waals surface area contributed by atoms with E-state index in [1.165, 1.54) is 17.7 Å². The molecule has 0 bridgehead atoms. The lowest BCUT2D eigenvalue weighted by Crippen LogP contribution is -2.53. The van der Waals surface area contributed by atoms with Crippen LogP contribution in [0, 0.1) is 5.92 Å². The van der Waals surface area contributed by atoms with E-state index in [4.69, 9.17) is 4.74 Å². The number of carbonyl (C=O) groups is 1. The molecule has 4 rings (SSSR count). The maximum Gasteiger partial charge on any atom is 0.251 e. The molecular formula is C23H30N6O4S. The fourth-order valence-corrected chi connectivity index (χ4v) is 5.74. The highest BCUT2D eigenvalue weighted by Gasteiger charge is 2.35. The second kappa shape index (κ2) is 9.98.